The van der Waals surface area contributed by atoms with Gasteiger partial charge in [0.15, 0.2) is 0 Å². The molecule has 0 fully saturated rings. The molecule has 2 aromatic rings. The SMILES string of the molecule is Cc1cc(C)cc(-c2cncc(C(N)=O)c2)c1. The Labute approximate surface area is 100 Å². The van der Waals surface area contributed by atoms with Gasteiger partial charge in [0.1, 0.15) is 0 Å². The van der Waals surface area contributed by atoms with E-state index in [1.54, 1.807) is 12.3 Å². The van der Waals surface area contributed by atoms with Crippen molar-refractivity contribution >= 4 is 5.91 Å². The van der Waals surface area contributed by atoms with E-state index in [1.165, 1.54) is 17.3 Å². The van der Waals surface area contributed by atoms with Crippen LogP contribution in [-0.4, -0.2) is 10.9 Å². The second-order valence-electron chi connectivity index (χ2n) is 4.20. The smallest absolute Gasteiger partial charge is 0.250 e. The van der Waals surface area contributed by atoms with E-state index in [0.29, 0.717) is 5.56 Å². The standard InChI is InChI=1S/C14H14N2O/c1-9-3-10(2)5-11(4-9)12-6-13(14(15)17)8-16-7-12/h3-8H,1-2H3,(H2,15,17). The van der Waals surface area contributed by atoms with Crippen LogP contribution in [0.5, 0.6) is 0 Å². The Bertz CT molecular complexity index is 556. The molecule has 0 saturated carbocycles. The summed E-state index contributed by atoms with van der Waals surface area (Å²) in [4.78, 5) is 15.1. The van der Waals surface area contributed by atoms with E-state index in [4.69, 9.17) is 5.73 Å². The fourth-order valence-corrected chi connectivity index (χ4v) is 1.87. The lowest BCUT2D eigenvalue weighted by Crippen LogP contribution is -2.11. The van der Waals surface area contributed by atoms with Crippen molar-refractivity contribution in [3.05, 3.63) is 53.3 Å². The average molecular weight is 226 g/mol. The van der Waals surface area contributed by atoms with Gasteiger partial charge in [0.05, 0.1) is 5.56 Å². The molecule has 17 heavy (non-hydrogen) atoms. The number of carbonyl (C=O) groups is 1. The molecular weight excluding hydrogens is 212 g/mol. The molecule has 0 saturated heterocycles. The predicted octanol–water partition coefficient (Wildman–Crippen LogP) is 2.46. The van der Waals surface area contributed by atoms with Crippen LogP contribution in [0.15, 0.2) is 36.7 Å². The van der Waals surface area contributed by atoms with Crippen LogP contribution >= 0.6 is 0 Å². The minimum Gasteiger partial charge on any atom is -0.366 e. The third-order valence-electron chi connectivity index (χ3n) is 2.58. The van der Waals surface area contributed by atoms with Crippen LogP contribution in [0.1, 0.15) is 21.5 Å². The Morgan fingerprint density at radius 2 is 1.65 bits per heavy atom. The van der Waals surface area contributed by atoms with Gasteiger partial charge in [0.2, 0.25) is 5.91 Å². The second-order valence-corrected chi connectivity index (χ2v) is 4.20. The number of rotatable bonds is 2. The molecule has 0 atom stereocenters. The van der Waals surface area contributed by atoms with Crippen molar-refractivity contribution in [3.63, 3.8) is 0 Å². The minimum atomic E-state index is -0.455. The highest BCUT2D eigenvalue weighted by Gasteiger charge is 2.05. The fourth-order valence-electron chi connectivity index (χ4n) is 1.87. The molecule has 2 rings (SSSR count). The monoisotopic (exact) mass is 226 g/mol. The Kier molecular flexibility index (Phi) is 2.91. The number of pyridine rings is 1. The zero-order valence-electron chi connectivity index (χ0n) is 9.90. The Balaban J connectivity index is 2.52. The van der Waals surface area contributed by atoms with Gasteiger partial charge in [0, 0.05) is 18.0 Å². The van der Waals surface area contributed by atoms with E-state index in [2.05, 4.69) is 23.2 Å². The summed E-state index contributed by atoms with van der Waals surface area (Å²) < 4.78 is 0. The van der Waals surface area contributed by atoms with Gasteiger partial charge in [0.25, 0.3) is 0 Å². The number of amides is 1. The minimum absolute atomic E-state index is 0.432. The highest BCUT2D eigenvalue weighted by atomic mass is 16.1. The zero-order chi connectivity index (χ0) is 12.4. The first-order valence-corrected chi connectivity index (χ1v) is 5.40. The van der Waals surface area contributed by atoms with Crippen LogP contribution in [0.25, 0.3) is 11.1 Å². The number of nitrogens with two attached hydrogens (primary N) is 1. The fraction of sp³-hybridized carbons (Fsp3) is 0.143. The van der Waals surface area contributed by atoms with Crippen molar-refractivity contribution in [1.82, 2.24) is 4.98 Å². The van der Waals surface area contributed by atoms with Crippen LogP contribution in [0, 0.1) is 13.8 Å². The maximum Gasteiger partial charge on any atom is 0.250 e. The number of hydrogen-bond acceptors (Lipinski definition) is 2. The molecule has 0 aliphatic rings. The summed E-state index contributed by atoms with van der Waals surface area (Å²) in [7, 11) is 0. The van der Waals surface area contributed by atoms with Crippen molar-refractivity contribution in [2.24, 2.45) is 5.73 Å². The van der Waals surface area contributed by atoms with Gasteiger partial charge in [-0.3, -0.25) is 9.78 Å². The number of aromatic nitrogens is 1. The molecular formula is C14H14N2O. The van der Waals surface area contributed by atoms with Crippen molar-refractivity contribution in [3.8, 4) is 11.1 Å². The highest BCUT2D eigenvalue weighted by molar-refractivity contribution is 5.93. The Morgan fingerprint density at radius 3 is 2.24 bits per heavy atom. The molecule has 0 spiro atoms. The van der Waals surface area contributed by atoms with Gasteiger partial charge in [-0.2, -0.15) is 0 Å². The van der Waals surface area contributed by atoms with Gasteiger partial charge in [-0.1, -0.05) is 29.3 Å². The number of nitrogens with zero attached hydrogens (tertiary/aromatic N) is 1. The second kappa shape index (κ2) is 4.37. The van der Waals surface area contributed by atoms with Crippen molar-refractivity contribution in [2.45, 2.75) is 13.8 Å². The molecule has 2 N–H and O–H groups in total. The summed E-state index contributed by atoms with van der Waals surface area (Å²) in [6.45, 7) is 4.09. The van der Waals surface area contributed by atoms with Crippen LogP contribution in [-0.2, 0) is 0 Å². The third-order valence-corrected chi connectivity index (χ3v) is 2.58. The number of primary amides is 1. The topological polar surface area (TPSA) is 56.0 Å². The summed E-state index contributed by atoms with van der Waals surface area (Å²) in [6, 6.07) is 8.00. The molecule has 1 aromatic heterocycles. The molecule has 0 aliphatic heterocycles. The maximum atomic E-state index is 11.1. The normalized spacial score (nSPS) is 10.2. The van der Waals surface area contributed by atoms with Crippen LogP contribution in [0.4, 0.5) is 0 Å². The molecule has 0 aliphatic carbocycles. The maximum absolute atomic E-state index is 11.1. The summed E-state index contributed by atoms with van der Waals surface area (Å²) in [5, 5.41) is 0. The molecule has 1 amide bonds. The van der Waals surface area contributed by atoms with Crippen molar-refractivity contribution < 1.29 is 4.79 Å². The predicted molar refractivity (Wildman–Crippen MR) is 67.7 cm³/mol. The van der Waals surface area contributed by atoms with E-state index in [-0.39, 0.29) is 0 Å². The molecule has 0 radical (unpaired) electrons. The number of aryl methyl sites for hydroxylation is 2. The summed E-state index contributed by atoms with van der Waals surface area (Å²) in [5.74, 6) is -0.455. The lowest BCUT2D eigenvalue weighted by atomic mass is 10.0. The molecule has 3 nitrogen and oxygen atoms in total. The molecule has 0 unspecified atom stereocenters. The first-order valence-electron chi connectivity index (χ1n) is 5.40. The van der Waals surface area contributed by atoms with Crippen LogP contribution in [0.2, 0.25) is 0 Å². The van der Waals surface area contributed by atoms with E-state index >= 15 is 0 Å². The lowest BCUT2D eigenvalue weighted by Gasteiger charge is -2.05. The van der Waals surface area contributed by atoms with Crippen molar-refractivity contribution in [2.75, 3.05) is 0 Å². The summed E-state index contributed by atoms with van der Waals surface area (Å²) in [6.07, 6.45) is 3.22. The van der Waals surface area contributed by atoms with Gasteiger partial charge in [-0.05, 0) is 25.5 Å². The van der Waals surface area contributed by atoms with E-state index in [1.807, 2.05) is 13.8 Å². The largest absolute Gasteiger partial charge is 0.366 e. The highest BCUT2D eigenvalue weighted by Crippen LogP contribution is 2.22. The Hall–Kier alpha value is -2.16. The van der Waals surface area contributed by atoms with Gasteiger partial charge >= 0.3 is 0 Å². The quantitative estimate of drug-likeness (QED) is 0.855. The summed E-state index contributed by atoms with van der Waals surface area (Å²) in [5.41, 5.74) is 10.0. The number of benzene rings is 1. The van der Waals surface area contributed by atoms with E-state index in [0.717, 1.165) is 11.1 Å². The van der Waals surface area contributed by atoms with Gasteiger partial charge in [-0.25, -0.2) is 0 Å². The van der Waals surface area contributed by atoms with Crippen molar-refractivity contribution in [1.29, 1.82) is 0 Å². The molecule has 86 valence electrons. The number of carbonyl (C=O) groups excluding carboxylic acids is 1. The van der Waals surface area contributed by atoms with Gasteiger partial charge < -0.3 is 5.73 Å². The zero-order valence-corrected chi connectivity index (χ0v) is 9.90. The Morgan fingerprint density at radius 1 is 1.00 bits per heavy atom. The molecule has 1 heterocycles. The third kappa shape index (κ3) is 2.50. The molecule has 0 bridgehead atoms. The first-order chi connectivity index (χ1) is 8.06. The first kappa shape index (κ1) is 11.3. The van der Waals surface area contributed by atoms with E-state index in [9.17, 15) is 4.79 Å². The molecule has 1 aromatic carbocycles. The van der Waals surface area contributed by atoms with Crippen LogP contribution < -0.4 is 5.73 Å². The van der Waals surface area contributed by atoms with Gasteiger partial charge in [-0.15, -0.1) is 0 Å². The lowest BCUT2D eigenvalue weighted by molar-refractivity contribution is 0.1000. The molecule has 3 heteroatoms. The number of hydrogen-bond donors (Lipinski definition) is 1. The summed E-state index contributed by atoms with van der Waals surface area (Å²) >= 11 is 0. The average Bonchev–Trinajstić information content (AvgIpc) is 2.28. The van der Waals surface area contributed by atoms with Crippen LogP contribution in [0.3, 0.4) is 0 Å². The van der Waals surface area contributed by atoms with E-state index < -0.39 is 5.91 Å².